The standard InChI is InChI=1S/C52H55O2Si.2ClH.Zr/c1-31-11-23-39-43(49(31)35-15-19-37(20-16-35)51(5,6)7)27-41(47-25-13-33(3)53-47)45(39)29-55-30-46-40-24-12-32(2)50(36-17-21-38(22-18-36)52(8,9)10)44(40)28-42(46)48-26-14-34(4)54-48;;;/h11-28,45-46,55H,29-30H2,1-10H3;2*1H;/q;;;+2/p-2. The Morgan fingerprint density at radius 1 is 0.517 bits per heavy atom. The van der Waals surface area contributed by atoms with Crippen LogP contribution in [0.2, 0.25) is 12.1 Å². The number of hydrogen-bond donors (Lipinski definition) is 0. The molecule has 0 N–H and O–H groups in total. The van der Waals surface area contributed by atoms with Gasteiger partial charge < -0.3 is 0 Å². The van der Waals surface area contributed by atoms with Gasteiger partial charge >= 0.3 is 364 Å². The van der Waals surface area contributed by atoms with Crippen LogP contribution in [0, 0.1) is 27.7 Å². The van der Waals surface area contributed by atoms with Gasteiger partial charge in [0.1, 0.15) is 0 Å². The van der Waals surface area contributed by atoms with E-state index in [0.29, 0.717) is 0 Å². The second-order valence-corrected chi connectivity index (χ2v) is 42.2. The van der Waals surface area contributed by atoms with E-state index in [1.807, 2.05) is 13.8 Å². The second kappa shape index (κ2) is 15.9. The van der Waals surface area contributed by atoms with Gasteiger partial charge in [-0.1, -0.05) is 0 Å². The van der Waals surface area contributed by atoms with Crippen LogP contribution < -0.4 is 0 Å². The third-order valence-electron chi connectivity index (χ3n) is 12.6. The minimum atomic E-state index is -2.79. The van der Waals surface area contributed by atoms with Gasteiger partial charge in [0, 0.05) is 0 Å². The van der Waals surface area contributed by atoms with Crippen molar-refractivity contribution in [3.63, 3.8) is 0 Å². The van der Waals surface area contributed by atoms with E-state index in [-0.39, 0.29) is 22.7 Å². The van der Waals surface area contributed by atoms with Crippen molar-refractivity contribution in [2.24, 2.45) is 0 Å². The summed E-state index contributed by atoms with van der Waals surface area (Å²) in [6.45, 7) is 22.2. The van der Waals surface area contributed by atoms with Gasteiger partial charge in [-0.3, -0.25) is 0 Å². The molecule has 2 aromatic heterocycles. The van der Waals surface area contributed by atoms with E-state index in [9.17, 15) is 0 Å². The predicted octanol–water partition coefficient (Wildman–Crippen LogP) is 15.7. The van der Waals surface area contributed by atoms with Gasteiger partial charge in [-0.15, -0.1) is 0 Å². The molecule has 0 spiro atoms. The molecule has 0 fully saturated rings. The number of rotatable bonds is 9. The summed E-state index contributed by atoms with van der Waals surface area (Å²) in [5.41, 5.74) is 18.3. The Bertz CT molecular complexity index is 2380. The number of hydrogen-bond acceptors (Lipinski definition) is 2. The first-order chi connectivity index (χ1) is 27.5. The summed E-state index contributed by atoms with van der Waals surface area (Å²) in [7, 11) is 14.8. The van der Waals surface area contributed by atoms with Crippen LogP contribution >= 0.6 is 17.0 Å². The number of fused-ring (bicyclic) bond motifs is 2. The molecule has 0 radical (unpaired) electrons. The van der Waals surface area contributed by atoms with Gasteiger partial charge in [0.2, 0.25) is 0 Å². The van der Waals surface area contributed by atoms with Gasteiger partial charge in [0.25, 0.3) is 0 Å². The number of halogens is 2. The number of furan rings is 2. The second-order valence-electron chi connectivity index (χ2n) is 18.8. The monoisotopic (exact) mass is 899 g/mol. The molecule has 0 saturated heterocycles. The first kappa shape index (κ1) is 41.3. The number of benzene rings is 4. The van der Waals surface area contributed by atoms with Crippen molar-refractivity contribution in [2.75, 3.05) is 0 Å². The maximum absolute atomic E-state index is 7.40. The minimum absolute atomic E-state index is 0.0923. The van der Waals surface area contributed by atoms with Crippen molar-refractivity contribution in [3.05, 3.63) is 165 Å². The third kappa shape index (κ3) is 7.97. The van der Waals surface area contributed by atoms with Crippen LogP contribution in [-0.2, 0) is 29.4 Å². The van der Waals surface area contributed by atoms with Crippen LogP contribution in [0.25, 0.3) is 45.6 Å². The van der Waals surface area contributed by atoms with E-state index in [1.165, 1.54) is 77.9 Å². The average Bonchev–Trinajstić information content (AvgIpc) is 3.96. The summed E-state index contributed by atoms with van der Waals surface area (Å²) in [5.74, 6) is 2.32. The first-order valence-corrected chi connectivity index (χ1v) is 33.5. The normalized spacial score (nSPS) is 16.9. The van der Waals surface area contributed by atoms with E-state index >= 15 is 0 Å². The van der Waals surface area contributed by atoms with Crippen molar-refractivity contribution >= 4 is 46.2 Å². The van der Waals surface area contributed by atoms with Crippen molar-refractivity contribution < 1.29 is 27.4 Å². The Balaban J connectivity index is 1.20. The van der Waals surface area contributed by atoms with E-state index in [0.717, 1.165) is 35.1 Å². The summed E-state index contributed by atoms with van der Waals surface area (Å²) in [6.07, 6.45) is 4.83. The molecule has 2 aliphatic carbocycles. The average molecular weight is 902 g/mol. The maximum atomic E-state index is 7.40. The number of aryl methyl sites for hydroxylation is 4. The van der Waals surface area contributed by atoms with Crippen LogP contribution in [0.1, 0.15) is 121 Å². The Morgan fingerprint density at radius 3 is 1.21 bits per heavy atom. The Hall–Kier alpha value is -3.40. The molecule has 2 nitrogen and oxygen atoms in total. The Kier molecular flexibility index (Phi) is 11.3. The molecular weight excluding hydrogens is 847 g/mol. The van der Waals surface area contributed by atoms with E-state index in [2.05, 4.69) is 165 Å². The van der Waals surface area contributed by atoms with Gasteiger partial charge in [0.05, 0.1) is 0 Å². The van der Waals surface area contributed by atoms with Crippen LogP contribution in [0.3, 0.4) is 0 Å². The Morgan fingerprint density at radius 2 is 0.897 bits per heavy atom. The summed E-state index contributed by atoms with van der Waals surface area (Å²) in [4.78, 5) is 0. The summed E-state index contributed by atoms with van der Waals surface area (Å²) >= 11 is -2.79. The van der Waals surface area contributed by atoms with Crippen molar-refractivity contribution in [1.82, 2.24) is 0 Å². The molecule has 6 heteroatoms. The molecule has 8 rings (SSSR count). The molecule has 2 aliphatic rings. The zero-order chi connectivity index (χ0) is 41.3. The van der Waals surface area contributed by atoms with Crippen LogP contribution in [0.5, 0.6) is 0 Å². The van der Waals surface area contributed by atoms with Crippen molar-refractivity contribution in [2.45, 2.75) is 104 Å². The zero-order valence-corrected chi connectivity index (χ0v) is 40.7. The SMILES string of the molecule is Cc1ccc(C2=Cc3c(ccc(C)c3-c3ccc(C(C)(C)C)cc3)C2C[SiH](CC2C(c3ccc(C)o3)=Cc3c2ccc(C)c3-c2ccc(C(C)(C)C)cc2)[Zr]([Cl])[Cl])o1. The van der Waals surface area contributed by atoms with Crippen LogP contribution in [0.4, 0.5) is 0 Å². The fourth-order valence-corrected chi connectivity index (χ4v) is 24.4. The molecule has 0 amide bonds. The molecule has 2 heterocycles. The topological polar surface area (TPSA) is 26.3 Å². The fourth-order valence-electron chi connectivity index (χ4n) is 9.31. The predicted molar refractivity (Wildman–Crippen MR) is 247 cm³/mol. The summed E-state index contributed by atoms with van der Waals surface area (Å²) in [6, 6.07) is 38.2. The number of allylic oxidation sites excluding steroid dienone is 2. The van der Waals surface area contributed by atoms with Gasteiger partial charge in [-0.05, 0) is 0 Å². The molecule has 0 saturated carbocycles. The Labute approximate surface area is 361 Å². The first-order valence-electron chi connectivity index (χ1n) is 20.7. The van der Waals surface area contributed by atoms with Crippen molar-refractivity contribution in [1.29, 1.82) is 0 Å². The van der Waals surface area contributed by atoms with Crippen LogP contribution in [-0.4, -0.2) is 5.92 Å². The fraction of sp³-hybridized carbons (Fsp3) is 0.308. The van der Waals surface area contributed by atoms with Gasteiger partial charge in [0.15, 0.2) is 0 Å². The van der Waals surface area contributed by atoms with Crippen LogP contribution in [0.15, 0.2) is 106 Å². The molecule has 2 unspecified atom stereocenters. The molecule has 297 valence electrons. The molecule has 6 aromatic rings. The molecule has 4 aromatic carbocycles. The molecule has 2 atom stereocenters. The van der Waals surface area contributed by atoms with Gasteiger partial charge in [-0.2, -0.15) is 0 Å². The quantitative estimate of drug-likeness (QED) is 0.135. The van der Waals surface area contributed by atoms with E-state index < -0.39 is 24.4 Å². The van der Waals surface area contributed by atoms with Gasteiger partial charge in [-0.25, -0.2) is 0 Å². The summed E-state index contributed by atoms with van der Waals surface area (Å²) in [5, 5.41) is 0. The van der Waals surface area contributed by atoms with E-state index in [4.69, 9.17) is 25.9 Å². The molecule has 58 heavy (non-hydrogen) atoms. The van der Waals surface area contributed by atoms with E-state index in [1.54, 1.807) is 0 Å². The van der Waals surface area contributed by atoms with Crippen molar-refractivity contribution in [3.8, 4) is 22.3 Å². The third-order valence-corrected chi connectivity index (χ3v) is 34.2. The molecule has 0 aliphatic heterocycles. The molecule has 0 bridgehead atoms. The molecular formula is C52H55Cl2O2SiZr. The summed E-state index contributed by atoms with van der Waals surface area (Å²) < 4.78 is 12.9. The zero-order valence-electron chi connectivity index (χ0n) is 35.6.